The molecule has 0 bridgehead atoms. The Morgan fingerprint density at radius 1 is 1.06 bits per heavy atom. The predicted molar refractivity (Wildman–Crippen MR) is 139 cm³/mol. The number of hydrogen-bond donors (Lipinski definition) is 3. The molecule has 4 aromatic rings. The Balaban J connectivity index is 1.35. The Morgan fingerprint density at radius 2 is 1.91 bits per heavy atom. The SMILES string of the molecule is O=C(NN=Cc1ccc(OCCNCCc2cccs2)c2ccccc12)c1ccc(O)c(Cl)c1. The standard InChI is InChI=1S/C26H24ClN3O3S/c27-23-16-18(7-9-24(23)31)26(32)30-29-17-19-8-10-25(22-6-2-1-5-21(19)22)33-14-13-28-12-11-20-4-3-15-34-20/h1-10,15-17,28,31H,11-14H2,(H,30,32). The van der Waals surface area contributed by atoms with Gasteiger partial charge in [0.15, 0.2) is 0 Å². The van der Waals surface area contributed by atoms with E-state index in [4.69, 9.17) is 16.3 Å². The molecule has 0 unspecified atom stereocenters. The number of aromatic hydroxyl groups is 1. The van der Waals surface area contributed by atoms with Crippen LogP contribution in [0.2, 0.25) is 5.02 Å². The molecule has 0 aliphatic rings. The highest BCUT2D eigenvalue weighted by molar-refractivity contribution is 7.09. The van der Waals surface area contributed by atoms with E-state index < -0.39 is 5.91 Å². The number of thiophene rings is 1. The van der Waals surface area contributed by atoms with Gasteiger partial charge in [-0.1, -0.05) is 41.9 Å². The molecule has 3 aromatic carbocycles. The molecule has 1 aromatic heterocycles. The van der Waals surface area contributed by atoms with E-state index in [1.54, 1.807) is 17.6 Å². The van der Waals surface area contributed by atoms with Crippen LogP contribution in [-0.4, -0.2) is 36.9 Å². The number of phenols is 1. The van der Waals surface area contributed by atoms with Gasteiger partial charge < -0.3 is 15.2 Å². The maximum absolute atomic E-state index is 12.3. The Kier molecular flexibility index (Phi) is 8.14. The number of phenolic OH excluding ortho intramolecular Hbond substituents is 1. The summed E-state index contributed by atoms with van der Waals surface area (Å²) < 4.78 is 6.03. The van der Waals surface area contributed by atoms with Crippen LogP contribution in [0.5, 0.6) is 11.5 Å². The molecule has 1 amide bonds. The fourth-order valence-electron chi connectivity index (χ4n) is 3.43. The minimum absolute atomic E-state index is 0.0790. The van der Waals surface area contributed by atoms with Gasteiger partial charge in [-0.05, 0) is 53.6 Å². The minimum Gasteiger partial charge on any atom is -0.506 e. The Hall–Kier alpha value is -3.39. The predicted octanol–water partition coefficient (Wildman–Crippen LogP) is 5.24. The first-order valence-electron chi connectivity index (χ1n) is 10.8. The second-order valence-corrected chi connectivity index (χ2v) is 8.93. The zero-order chi connectivity index (χ0) is 23.8. The number of carbonyl (C=O) groups is 1. The highest BCUT2D eigenvalue weighted by atomic mass is 35.5. The first-order valence-corrected chi connectivity index (χ1v) is 12.1. The van der Waals surface area contributed by atoms with E-state index in [0.29, 0.717) is 12.2 Å². The van der Waals surface area contributed by atoms with E-state index in [-0.39, 0.29) is 10.8 Å². The van der Waals surface area contributed by atoms with Gasteiger partial charge in [0.1, 0.15) is 18.1 Å². The van der Waals surface area contributed by atoms with Crippen molar-refractivity contribution in [2.24, 2.45) is 5.10 Å². The quantitative estimate of drug-likeness (QED) is 0.160. The molecule has 0 aliphatic heterocycles. The molecular weight excluding hydrogens is 470 g/mol. The summed E-state index contributed by atoms with van der Waals surface area (Å²) >= 11 is 7.64. The maximum Gasteiger partial charge on any atom is 0.271 e. The van der Waals surface area contributed by atoms with Gasteiger partial charge >= 0.3 is 0 Å². The number of benzene rings is 3. The van der Waals surface area contributed by atoms with Crippen LogP contribution >= 0.6 is 22.9 Å². The molecular formula is C26H24ClN3O3S. The van der Waals surface area contributed by atoms with E-state index in [9.17, 15) is 9.90 Å². The van der Waals surface area contributed by atoms with Crippen molar-refractivity contribution in [3.63, 3.8) is 0 Å². The molecule has 8 heteroatoms. The number of carbonyl (C=O) groups excluding carboxylic acids is 1. The average molecular weight is 494 g/mol. The molecule has 1 heterocycles. The third-order valence-corrected chi connectivity index (χ3v) is 6.40. The molecule has 6 nitrogen and oxygen atoms in total. The van der Waals surface area contributed by atoms with Crippen molar-refractivity contribution in [1.82, 2.24) is 10.7 Å². The van der Waals surface area contributed by atoms with Crippen LogP contribution < -0.4 is 15.5 Å². The third-order valence-electron chi connectivity index (χ3n) is 5.16. The lowest BCUT2D eigenvalue weighted by atomic mass is 10.0. The molecule has 0 spiro atoms. The number of halogens is 1. The molecule has 34 heavy (non-hydrogen) atoms. The summed E-state index contributed by atoms with van der Waals surface area (Å²) in [7, 11) is 0. The van der Waals surface area contributed by atoms with Gasteiger partial charge in [0.05, 0.1) is 11.2 Å². The van der Waals surface area contributed by atoms with Crippen molar-refractivity contribution < 1.29 is 14.6 Å². The molecule has 0 atom stereocenters. The van der Waals surface area contributed by atoms with Crippen molar-refractivity contribution in [1.29, 1.82) is 0 Å². The number of rotatable bonds is 10. The van der Waals surface area contributed by atoms with Crippen molar-refractivity contribution >= 4 is 45.8 Å². The Morgan fingerprint density at radius 3 is 2.71 bits per heavy atom. The van der Waals surface area contributed by atoms with Gasteiger partial charge in [0, 0.05) is 34.5 Å². The summed E-state index contributed by atoms with van der Waals surface area (Å²) in [6.07, 6.45) is 2.61. The molecule has 0 fully saturated rings. The summed E-state index contributed by atoms with van der Waals surface area (Å²) in [5, 5.41) is 21.1. The van der Waals surface area contributed by atoms with Crippen molar-refractivity contribution in [2.45, 2.75) is 6.42 Å². The fourth-order valence-corrected chi connectivity index (χ4v) is 4.32. The van der Waals surface area contributed by atoms with E-state index in [1.165, 1.54) is 23.1 Å². The van der Waals surface area contributed by atoms with Gasteiger partial charge in [-0.3, -0.25) is 4.79 Å². The van der Waals surface area contributed by atoms with Gasteiger partial charge in [-0.2, -0.15) is 5.10 Å². The molecule has 0 radical (unpaired) electrons. The van der Waals surface area contributed by atoms with Crippen LogP contribution in [0.3, 0.4) is 0 Å². The second kappa shape index (κ2) is 11.7. The largest absolute Gasteiger partial charge is 0.506 e. The third kappa shape index (κ3) is 6.14. The lowest BCUT2D eigenvalue weighted by Crippen LogP contribution is -2.23. The number of ether oxygens (including phenoxy) is 1. The average Bonchev–Trinajstić information content (AvgIpc) is 3.37. The molecule has 0 saturated heterocycles. The first kappa shape index (κ1) is 23.8. The molecule has 0 aliphatic carbocycles. The molecule has 174 valence electrons. The highest BCUT2D eigenvalue weighted by Gasteiger charge is 2.08. The Bertz CT molecular complexity index is 1290. The normalized spacial score (nSPS) is 11.2. The van der Waals surface area contributed by atoms with E-state index >= 15 is 0 Å². The zero-order valence-electron chi connectivity index (χ0n) is 18.3. The number of amides is 1. The van der Waals surface area contributed by atoms with E-state index in [2.05, 4.69) is 33.4 Å². The van der Waals surface area contributed by atoms with Crippen molar-refractivity contribution in [2.75, 3.05) is 19.7 Å². The van der Waals surface area contributed by atoms with Gasteiger partial charge in [0.25, 0.3) is 5.91 Å². The maximum atomic E-state index is 12.3. The smallest absolute Gasteiger partial charge is 0.271 e. The monoisotopic (exact) mass is 493 g/mol. The Labute approximate surface area is 206 Å². The topological polar surface area (TPSA) is 83.0 Å². The van der Waals surface area contributed by atoms with Crippen LogP contribution in [0.4, 0.5) is 0 Å². The van der Waals surface area contributed by atoms with Crippen molar-refractivity contribution in [3.8, 4) is 11.5 Å². The summed E-state index contributed by atoms with van der Waals surface area (Å²) in [6.45, 7) is 2.24. The number of nitrogens with one attached hydrogen (secondary N) is 2. The zero-order valence-corrected chi connectivity index (χ0v) is 19.9. The van der Waals surface area contributed by atoms with Crippen LogP contribution in [0.15, 0.2) is 77.2 Å². The summed E-state index contributed by atoms with van der Waals surface area (Å²) in [5.74, 6) is 0.300. The molecule has 4 rings (SSSR count). The number of hydrogen-bond acceptors (Lipinski definition) is 6. The van der Waals surface area contributed by atoms with Crippen LogP contribution in [0.25, 0.3) is 10.8 Å². The fraction of sp³-hybridized carbons (Fsp3) is 0.154. The van der Waals surface area contributed by atoms with Crippen LogP contribution in [0.1, 0.15) is 20.8 Å². The highest BCUT2D eigenvalue weighted by Crippen LogP contribution is 2.28. The van der Waals surface area contributed by atoms with Gasteiger partial charge in [-0.15, -0.1) is 11.3 Å². The van der Waals surface area contributed by atoms with Gasteiger partial charge in [-0.25, -0.2) is 5.43 Å². The van der Waals surface area contributed by atoms with Crippen LogP contribution in [-0.2, 0) is 6.42 Å². The molecule has 3 N–H and O–H groups in total. The van der Waals surface area contributed by atoms with Crippen molar-refractivity contribution in [3.05, 3.63) is 93.1 Å². The minimum atomic E-state index is -0.422. The number of nitrogens with zero attached hydrogens (tertiary/aromatic N) is 1. The van der Waals surface area contributed by atoms with Gasteiger partial charge in [0.2, 0.25) is 0 Å². The van der Waals surface area contributed by atoms with E-state index in [0.717, 1.165) is 41.6 Å². The summed E-state index contributed by atoms with van der Waals surface area (Å²) in [6, 6.07) is 20.2. The van der Waals surface area contributed by atoms with Crippen LogP contribution in [0, 0.1) is 0 Å². The first-order chi connectivity index (χ1) is 16.6. The lowest BCUT2D eigenvalue weighted by molar-refractivity contribution is 0.0955. The second-order valence-electron chi connectivity index (χ2n) is 7.49. The number of fused-ring (bicyclic) bond motifs is 1. The van der Waals surface area contributed by atoms with E-state index in [1.807, 2.05) is 36.4 Å². The summed E-state index contributed by atoms with van der Waals surface area (Å²) in [4.78, 5) is 13.7. The molecule has 0 saturated carbocycles. The number of hydrazone groups is 1. The lowest BCUT2D eigenvalue weighted by Gasteiger charge is -2.11. The summed E-state index contributed by atoms with van der Waals surface area (Å²) in [5.41, 5.74) is 3.64.